The molecule has 0 unspecified atom stereocenters. The fourth-order valence-corrected chi connectivity index (χ4v) is 2.18. The van der Waals surface area contributed by atoms with Crippen LogP contribution in [0.2, 0.25) is 0 Å². The van der Waals surface area contributed by atoms with Crippen LogP contribution < -0.4 is 5.32 Å². The highest BCUT2D eigenvalue weighted by Gasteiger charge is 2.09. The lowest BCUT2D eigenvalue weighted by Gasteiger charge is -2.02. The van der Waals surface area contributed by atoms with Crippen LogP contribution in [0.4, 0.5) is 11.4 Å². The van der Waals surface area contributed by atoms with E-state index in [1.54, 1.807) is 6.07 Å². The SMILES string of the molecule is Cc1ccc(C(=O)Nc2ccc([N+](=O)[O-])cc2)s1. The van der Waals surface area contributed by atoms with E-state index in [4.69, 9.17) is 0 Å². The van der Waals surface area contributed by atoms with Crippen LogP contribution in [0.1, 0.15) is 14.5 Å². The van der Waals surface area contributed by atoms with Gasteiger partial charge in [-0.05, 0) is 31.2 Å². The first-order valence-electron chi connectivity index (χ1n) is 5.18. The van der Waals surface area contributed by atoms with Crippen molar-refractivity contribution < 1.29 is 9.72 Å². The zero-order valence-electron chi connectivity index (χ0n) is 9.54. The first-order chi connectivity index (χ1) is 8.56. The maximum atomic E-state index is 11.8. The molecule has 92 valence electrons. The lowest BCUT2D eigenvalue weighted by atomic mass is 10.3. The van der Waals surface area contributed by atoms with Gasteiger partial charge in [0.25, 0.3) is 11.6 Å². The van der Waals surface area contributed by atoms with Gasteiger partial charge < -0.3 is 5.32 Å². The van der Waals surface area contributed by atoms with E-state index >= 15 is 0 Å². The van der Waals surface area contributed by atoms with Crippen molar-refractivity contribution in [2.24, 2.45) is 0 Å². The molecular weight excluding hydrogens is 252 g/mol. The average molecular weight is 262 g/mol. The maximum absolute atomic E-state index is 11.8. The fourth-order valence-electron chi connectivity index (χ4n) is 1.42. The highest BCUT2D eigenvalue weighted by molar-refractivity contribution is 7.14. The van der Waals surface area contributed by atoms with Crippen LogP contribution >= 0.6 is 11.3 Å². The van der Waals surface area contributed by atoms with Gasteiger partial charge in [-0.2, -0.15) is 0 Å². The Morgan fingerprint density at radius 1 is 1.22 bits per heavy atom. The summed E-state index contributed by atoms with van der Waals surface area (Å²) >= 11 is 1.40. The van der Waals surface area contributed by atoms with Crippen molar-refractivity contribution >= 4 is 28.6 Å². The summed E-state index contributed by atoms with van der Waals surface area (Å²) in [4.78, 5) is 23.5. The topological polar surface area (TPSA) is 72.2 Å². The van der Waals surface area contributed by atoms with Gasteiger partial charge in [0.15, 0.2) is 0 Å². The Balaban J connectivity index is 2.10. The summed E-state index contributed by atoms with van der Waals surface area (Å²) in [6.07, 6.45) is 0. The van der Waals surface area contributed by atoms with Gasteiger partial charge in [0.05, 0.1) is 9.80 Å². The molecule has 0 aliphatic carbocycles. The number of amides is 1. The second-order valence-electron chi connectivity index (χ2n) is 3.67. The number of carbonyl (C=O) groups is 1. The van der Waals surface area contributed by atoms with Crippen molar-refractivity contribution in [3.8, 4) is 0 Å². The molecule has 1 N–H and O–H groups in total. The third-order valence-electron chi connectivity index (χ3n) is 2.30. The molecule has 0 bridgehead atoms. The molecule has 0 saturated carbocycles. The minimum absolute atomic E-state index is 0.0000305. The van der Waals surface area contributed by atoms with Crippen LogP contribution in [0.25, 0.3) is 0 Å². The van der Waals surface area contributed by atoms with Crippen molar-refractivity contribution in [2.45, 2.75) is 6.92 Å². The van der Waals surface area contributed by atoms with Gasteiger partial charge in [-0.25, -0.2) is 0 Å². The molecule has 1 aromatic heterocycles. The van der Waals surface area contributed by atoms with Gasteiger partial charge in [0, 0.05) is 22.7 Å². The number of nitrogens with one attached hydrogen (secondary N) is 1. The number of anilines is 1. The van der Waals surface area contributed by atoms with Crippen molar-refractivity contribution in [2.75, 3.05) is 5.32 Å². The lowest BCUT2D eigenvalue weighted by molar-refractivity contribution is -0.384. The van der Waals surface area contributed by atoms with Crippen molar-refractivity contribution in [3.63, 3.8) is 0 Å². The minimum Gasteiger partial charge on any atom is -0.321 e. The lowest BCUT2D eigenvalue weighted by Crippen LogP contribution is -2.09. The van der Waals surface area contributed by atoms with Gasteiger partial charge in [-0.1, -0.05) is 0 Å². The first kappa shape index (κ1) is 12.3. The summed E-state index contributed by atoms with van der Waals surface area (Å²) in [6, 6.07) is 9.35. The fraction of sp³-hybridized carbons (Fsp3) is 0.0833. The van der Waals surface area contributed by atoms with E-state index in [0.29, 0.717) is 10.6 Å². The van der Waals surface area contributed by atoms with Gasteiger partial charge in [0.1, 0.15) is 0 Å². The van der Waals surface area contributed by atoms with Gasteiger partial charge >= 0.3 is 0 Å². The van der Waals surface area contributed by atoms with E-state index in [1.807, 2.05) is 13.0 Å². The largest absolute Gasteiger partial charge is 0.321 e. The number of thiophene rings is 1. The third kappa shape index (κ3) is 2.72. The van der Waals surface area contributed by atoms with Crippen molar-refractivity contribution in [3.05, 3.63) is 56.3 Å². The normalized spacial score (nSPS) is 10.1. The van der Waals surface area contributed by atoms with E-state index < -0.39 is 4.92 Å². The quantitative estimate of drug-likeness (QED) is 0.681. The van der Waals surface area contributed by atoms with E-state index in [9.17, 15) is 14.9 Å². The van der Waals surface area contributed by atoms with E-state index in [-0.39, 0.29) is 11.6 Å². The predicted octanol–water partition coefficient (Wildman–Crippen LogP) is 3.22. The molecule has 0 aliphatic rings. The maximum Gasteiger partial charge on any atom is 0.269 e. The van der Waals surface area contributed by atoms with E-state index in [1.165, 1.54) is 35.6 Å². The summed E-state index contributed by atoms with van der Waals surface area (Å²) in [6.45, 7) is 1.92. The number of hydrogen-bond acceptors (Lipinski definition) is 4. The molecule has 0 atom stereocenters. The number of hydrogen-bond donors (Lipinski definition) is 1. The number of benzene rings is 1. The van der Waals surface area contributed by atoms with E-state index in [0.717, 1.165) is 4.88 Å². The number of nitro benzene ring substituents is 1. The highest BCUT2D eigenvalue weighted by atomic mass is 32.1. The molecule has 18 heavy (non-hydrogen) atoms. The van der Waals surface area contributed by atoms with Crippen LogP contribution in [0.5, 0.6) is 0 Å². The van der Waals surface area contributed by atoms with Crippen LogP contribution in [0, 0.1) is 17.0 Å². The first-order valence-corrected chi connectivity index (χ1v) is 6.00. The molecule has 6 heteroatoms. The zero-order valence-corrected chi connectivity index (χ0v) is 10.4. The molecule has 0 saturated heterocycles. The molecule has 0 aliphatic heterocycles. The minimum atomic E-state index is -0.478. The Morgan fingerprint density at radius 3 is 2.39 bits per heavy atom. The summed E-state index contributed by atoms with van der Waals surface area (Å²) in [5, 5.41) is 13.2. The van der Waals surface area contributed by atoms with Crippen LogP contribution in [0.3, 0.4) is 0 Å². The molecule has 1 heterocycles. The summed E-state index contributed by atoms with van der Waals surface area (Å²) in [5.41, 5.74) is 0.539. The molecular formula is C12H10N2O3S. The Hall–Kier alpha value is -2.21. The van der Waals surface area contributed by atoms with Crippen molar-refractivity contribution in [1.82, 2.24) is 0 Å². The Kier molecular flexibility index (Phi) is 3.38. The number of aryl methyl sites for hydroxylation is 1. The van der Waals surface area contributed by atoms with Gasteiger partial charge in [0.2, 0.25) is 0 Å². The van der Waals surface area contributed by atoms with E-state index in [2.05, 4.69) is 5.32 Å². The summed E-state index contributed by atoms with van der Waals surface area (Å²) in [5.74, 6) is -0.207. The molecule has 0 radical (unpaired) electrons. The zero-order chi connectivity index (χ0) is 13.1. The molecule has 1 aromatic carbocycles. The van der Waals surface area contributed by atoms with Crippen LogP contribution in [0.15, 0.2) is 36.4 Å². The molecule has 2 rings (SSSR count). The third-order valence-corrected chi connectivity index (χ3v) is 3.30. The standard InChI is InChI=1S/C12H10N2O3S/c1-8-2-7-11(18-8)12(15)13-9-3-5-10(6-4-9)14(16)17/h2-7H,1H3,(H,13,15). The number of carbonyl (C=O) groups excluding carboxylic acids is 1. The number of non-ortho nitro benzene ring substituents is 1. The highest BCUT2D eigenvalue weighted by Crippen LogP contribution is 2.19. The molecule has 1 amide bonds. The van der Waals surface area contributed by atoms with Crippen LogP contribution in [-0.4, -0.2) is 10.8 Å². The summed E-state index contributed by atoms with van der Waals surface area (Å²) < 4.78 is 0. The Labute approximate surface area is 107 Å². The summed E-state index contributed by atoms with van der Waals surface area (Å²) in [7, 11) is 0. The predicted molar refractivity (Wildman–Crippen MR) is 70.1 cm³/mol. The second-order valence-corrected chi connectivity index (χ2v) is 4.96. The molecule has 0 fully saturated rings. The van der Waals surface area contributed by atoms with Crippen LogP contribution in [-0.2, 0) is 0 Å². The van der Waals surface area contributed by atoms with Gasteiger partial charge in [-0.3, -0.25) is 14.9 Å². The number of nitro groups is 1. The Bertz CT molecular complexity index is 590. The molecule has 2 aromatic rings. The molecule has 5 nitrogen and oxygen atoms in total. The number of rotatable bonds is 3. The smallest absolute Gasteiger partial charge is 0.269 e. The number of nitrogens with zero attached hydrogens (tertiary/aromatic N) is 1. The molecule has 0 spiro atoms. The van der Waals surface area contributed by atoms with Crippen molar-refractivity contribution in [1.29, 1.82) is 0 Å². The Morgan fingerprint density at radius 2 is 1.89 bits per heavy atom. The monoisotopic (exact) mass is 262 g/mol. The second kappa shape index (κ2) is 4.97. The average Bonchev–Trinajstić information content (AvgIpc) is 2.76. The van der Waals surface area contributed by atoms with Gasteiger partial charge in [-0.15, -0.1) is 11.3 Å².